The van der Waals surface area contributed by atoms with Crippen molar-refractivity contribution in [3.05, 3.63) is 78.0 Å². The number of ether oxygens (including phenoxy) is 1. The first-order valence-electron chi connectivity index (χ1n) is 7.65. The van der Waals surface area contributed by atoms with E-state index in [4.69, 9.17) is 4.74 Å². The van der Waals surface area contributed by atoms with Crippen LogP contribution in [-0.2, 0) is 6.54 Å². The van der Waals surface area contributed by atoms with Gasteiger partial charge in [0.25, 0.3) is 0 Å². The number of hydrogen-bond acceptors (Lipinski definition) is 3. The Morgan fingerprint density at radius 3 is 2.30 bits per heavy atom. The maximum atomic E-state index is 5.18. The molecule has 0 spiro atoms. The summed E-state index contributed by atoms with van der Waals surface area (Å²) < 4.78 is 5.18. The molecule has 0 bridgehead atoms. The fraction of sp³-hybridized carbons (Fsp3) is 0.150. The van der Waals surface area contributed by atoms with E-state index in [1.54, 1.807) is 7.11 Å². The lowest BCUT2D eigenvalue weighted by molar-refractivity contribution is 0.415. The molecule has 1 N–H and O–H groups in total. The van der Waals surface area contributed by atoms with Gasteiger partial charge in [-0.25, -0.2) is 4.98 Å². The van der Waals surface area contributed by atoms with Gasteiger partial charge in [-0.3, -0.25) is 0 Å². The summed E-state index contributed by atoms with van der Waals surface area (Å²) in [6, 6.07) is 20.5. The fourth-order valence-corrected chi connectivity index (χ4v) is 2.45. The van der Waals surface area contributed by atoms with Crippen LogP contribution in [0.3, 0.4) is 0 Å². The van der Waals surface area contributed by atoms with Gasteiger partial charge in [0.15, 0.2) is 0 Å². The Morgan fingerprint density at radius 2 is 1.65 bits per heavy atom. The van der Waals surface area contributed by atoms with E-state index in [-0.39, 0.29) is 0 Å². The highest BCUT2D eigenvalue weighted by Crippen LogP contribution is 2.22. The van der Waals surface area contributed by atoms with Crippen LogP contribution in [0.4, 0.5) is 5.82 Å². The second kappa shape index (κ2) is 6.97. The maximum absolute atomic E-state index is 5.18. The van der Waals surface area contributed by atoms with Gasteiger partial charge in [-0.1, -0.05) is 36.4 Å². The normalized spacial score (nSPS) is 10.3. The minimum absolute atomic E-state index is 0.779. The molecule has 0 aliphatic rings. The predicted octanol–water partition coefficient (Wildman–Crippen LogP) is 4.68. The molecule has 0 aliphatic carbocycles. The van der Waals surface area contributed by atoms with Crippen molar-refractivity contribution >= 4 is 5.82 Å². The number of methoxy groups -OCH3 is 1. The van der Waals surface area contributed by atoms with E-state index in [0.717, 1.165) is 29.2 Å². The smallest absolute Gasteiger partial charge is 0.126 e. The van der Waals surface area contributed by atoms with Crippen LogP contribution in [0.2, 0.25) is 0 Å². The topological polar surface area (TPSA) is 34.1 Å². The number of rotatable bonds is 5. The highest BCUT2D eigenvalue weighted by atomic mass is 16.5. The van der Waals surface area contributed by atoms with E-state index in [1.165, 1.54) is 11.1 Å². The molecule has 3 nitrogen and oxygen atoms in total. The first-order valence-corrected chi connectivity index (χ1v) is 7.65. The second-order valence-corrected chi connectivity index (χ2v) is 5.44. The Morgan fingerprint density at radius 1 is 0.913 bits per heavy atom. The Balaban J connectivity index is 1.68. The van der Waals surface area contributed by atoms with E-state index in [2.05, 4.69) is 47.6 Å². The molecule has 0 amide bonds. The molecule has 0 atom stereocenters. The molecule has 0 aliphatic heterocycles. The van der Waals surface area contributed by atoms with Crippen LogP contribution in [-0.4, -0.2) is 12.1 Å². The summed E-state index contributed by atoms with van der Waals surface area (Å²) in [6.07, 6.45) is 1.89. The third-order valence-corrected chi connectivity index (χ3v) is 3.91. The van der Waals surface area contributed by atoms with Gasteiger partial charge in [0.1, 0.15) is 11.6 Å². The monoisotopic (exact) mass is 304 g/mol. The summed E-state index contributed by atoms with van der Waals surface area (Å²) in [6.45, 7) is 2.90. The number of hydrogen-bond donors (Lipinski definition) is 1. The first-order chi connectivity index (χ1) is 11.3. The summed E-state index contributed by atoms with van der Waals surface area (Å²) in [5, 5.41) is 3.37. The number of nitrogens with zero attached hydrogens (tertiary/aromatic N) is 1. The van der Waals surface area contributed by atoms with Crippen molar-refractivity contribution in [2.75, 3.05) is 12.4 Å². The molecule has 0 fully saturated rings. The molecule has 0 unspecified atom stereocenters. The summed E-state index contributed by atoms with van der Waals surface area (Å²) in [5.41, 5.74) is 4.79. The lowest BCUT2D eigenvalue weighted by atomic mass is 10.1. The van der Waals surface area contributed by atoms with Crippen LogP contribution in [0.25, 0.3) is 11.1 Å². The maximum Gasteiger partial charge on any atom is 0.126 e. The minimum atomic E-state index is 0.779. The van der Waals surface area contributed by atoms with Crippen LogP contribution in [0.1, 0.15) is 11.1 Å². The lowest BCUT2D eigenvalue weighted by Gasteiger charge is -2.09. The number of aryl methyl sites for hydroxylation is 1. The van der Waals surface area contributed by atoms with Crippen LogP contribution < -0.4 is 10.1 Å². The molecule has 0 saturated heterocycles. The molecular weight excluding hydrogens is 284 g/mol. The van der Waals surface area contributed by atoms with Gasteiger partial charge in [-0.2, -0.15) is 0 Å². The molecule has 2 aromatic carbocycles. The molecule has 23 heavy (non-hydrogen) atoms. The second-order valence-electron chi connectivity index (χ2n) is 5.44. The first kappa shape index (κ1) is 15.1. The minimum Gasteiger partial charge on any atom is -0.497 e. The van der Waals surface area contributed by atoms with Crippen molar-refractivity contribution in [2.24, 2.45) is 0 Å². The van der Waals surface area contributed by atoms with Gasteiger partial charge in [0.05, 0.1) is 7.11 Å². The third-order valence-electron chi connectivity index (χ3n) is 3.91. The fourth-order valence-electron chi connectivity index (χ4n) is 2.45. The molecule has 3 heteroatoms. The summed E-state index contributed by atoms with van der Waals surface area (Å²) >= 11 is 0. The number of benzene rings is 2. The predicted molar refractivity (Wildman–Crippen MR) is 94.7 cm³/mol. The van der Waals surface area contributed by atoms with Crippen molar-refractivity contribution < 1.29 is 4.74 Å². The number of aromatic nitrogens is 1. The van der Waals surface area contributed by atoms with E-state index in [9.17, 15) is 0 Å². The summed E-state index contributed by atoms with van der Waals surface area (Å²) in [7, 11) is 1.67. The van der Waals surface area contributed by atoms with Gasteiger partial charge >= 0.3 is 0 Å². The highest BCUT2D eigenvalue weighted by molar-refractivity contribution is 5.64. The molecule has 1 heterocycles. The summed E-state index contributed by atoms with van der Waals surface area (Å²) in [5.74, 6) is 1.74. The zero-order valence-corrected chi connectivity index (χ0v) is 13.4. The third kappa shape index (κ3) is 3.69. The Kier molecular flexibility index (Phi) is 4.57. The van der Waals surface area contributed by atoms with Gasteiger partial charge in [-0.15, -0.1) is 0 Å². The van der Waals surface area contributed by atoms with E-state index < -0.39 is 0 Å². The Hall–Kier alpha value is -2.81. The van der Waals surface area contributed by atoms with Crippen molar-refractivity contribution in [3.63, 3.8) is 0 Å². The van der Waals surface area contributed by atoms with Gasteiger partial charge in [-0.05, 0) is 47.9 Å². The average molecular weight is 304 g/mol. The zero-order chi connectivity index (χ0) is 16.1. The largest absolute Gasteiger partial charge is 0.497 e. The van der Waals surface area contributed by atoms with Crippen LogP contribution in [0, 0.1) is 6.92 Å². The van der Waals surface area contributed by atoms with Crippen molar-refractivity contribution in [2.45, 2.75) is 13.5 Å². The van der Waals surface area contributed by atoms with Crippen molar-refractivity contribution in [1.29, 1.82) is 0 Å². The zero-order valence-electron chi connectivity index (χ0n) is 13.4. The van der Waals surface area contributed by atoms with Gasteiger partial charge in [0.2, 0.25) is 0 Å². The molecule has 3 aromatic rings. The Labute approximate surface area is 137 Å². The average Bonchev–Trinajstić information content (AvgIpc) is 2.62. The molecule has 0 radical (unpaired) electrons. The molecule has 3 rings (SSSR count). The molecular formula is C20H20N2O. The van der Waals surface area contributed by atoms with Gasteiger partial charge in [0, 0.05) is 18.3 Å². The van der Waals surface area contributed by atoms with E-state index in [1.807, 2.05) is 36.5 Å². The Bertz CT molecular complexity index is 764. The SMILES string of the molecule is COc1ccc(-c2ccc(NCc3ccccc3C)nc2)cc1. The number of anilines is 1. The quantitative estimate of drug-likeness (QED) is 0.743. The van der Waals surface area contributed by atoms with E-state index >= 15 is 0 Å². The number of pyridine rings is 1. The van der Waals surface area contributed by atoms with Crippen LogP contribution in [0.5, 0.6) is 5.75 Å². The standard InChI is InChI=1S/C20H20N2O/c1-15-5-3-4-6-17(15)13-21-20-12-9-18(14-22-20)16-7-10-19(23-2)11-8-16/h3-12,14H,13H2,1-2H3,(H,21,22). The van der Waals surface area contributed by atoms with Crippen LogP contribution >= 0.6 is 0 Å². The highest BCUT2D eigenvalue weighted by Gasteiger charge is 2.01. The number of nitrogens with one attached hydrogen (secondary N) is 1. The molecule has 0 saturated carbocycles. The van der Waals surface area contributed by atoms with Crippen LogP contribution in [0.15, 0.2) is 66.9 Å². The molecule has 1 aromatic heterocycles. The summed E-state index contributed by atoms with van der Waals surface area (Å²) in [4.78, 5) is 4.50. The van der Waals surface area contributed by atoms with Crippen molar-refractivity contribution in [1.82, 2.24) is 4.98 Å². The van der Waals surface area contributed by atoms with Gasteiger partial charge < -0.3 is 10.1 Å². The lowest BCUT2D eigenvalue weighted by Crippen LogP contribution is -2.02. The van der Waals surface area contributed by atoms with E-state index in [0.29, 0.717) is 0 Å². The van der Waals surface area contributed by atoms with Crippen molar-refractivity contribution in [3.8, 4) is 16.9 Å². The molecule has 116 valence electrons.